The number of rotatable bonds is 3. The topological polar surface area (TPSA) is 49.0 Å². The molecule has 1 aromatic heterocycles. The van der Waals surface area contributed by atoms with Crippen LogP contribution in [0.4, 0.5) is 4.39 Å². The smallest absolute Gasteiger partial charge is 0.272 e. The molecule has 1 N–H and O–H groups in total. The lowest BCUT2D eigenvalue weighted by Gasteiger charge is -2.24. The van der Waals surface area contributed by atoms with Crippen molar-refractivity contribution in [3.63, 3.8) is 0 Å². The van der Waals surface area contributed by atoms with Crippen molar-refractivity contribution in [3.05, 3.63) is 53.6 Å². The number of nitrogens with one attached hydrogen (secondary N) is 1. The Kier molecular flexibility index (Phi) is 3.50. The van der Waals surface area contributed by atoms with E-state index in [2.05, 4.69) is 10.2 Å². The van der Waals surface area contributed by atoms with Crippen LogP contribution in [0.3, 0.4) is 0 Å². The predicted octanol–water partition coefficient (Wildman–Crippen LogP) is 2.40. The number of carbonyl (C=O) groups excluding carboxylic acids is 1. The molecule has 0 spiro atoms. The van der Waals surface area contributed by atoms with E-state index in [-0.39, 0.29) is 17.8 Å². The van der Waals surface area contributed by atoms with E-state index in [0.29, 0.717) is 12.1 Å². The standard InChI is InChI=1S/C15H16FN3O/c16-12-4-1-3-11(9-12)10-13-5-2-8-19(13)15(20)14-6-7-17-18-14/h1,3-4,6-7,9,13H,2,5,8,10H2,(H,17,18)/t13-/m0/s1. The van der Waals surface area contributed by atoms with Crippen molar-refractivity contribution in [2.75, 3.05) is 6.54 Å². The number of carbonyl (C=O) groups is 1. The summed E-state index contributed by atoms with van der Waals surface area (Å²) in [6.45, 7) is 0.748. The van der Waals surface area contributed by atoms with Crippen LogP contribution in [0.25, 0.3) is 0 Å². The lowest BCUT2D eigenvalue weighted by atomic mass is 10.0. The third-order valence-corrected chi connectivity index (χ3v) is 3.73. The van der Waals surface area contributed by atoms with Gasteiger partial charge in [0.1, 0.15) is 11.5 Å². The Morgan fingerprint density at radius 3 is 3.10 bits per heavy atom. The van der Waals surface area contributed by atoms with E-state index < -0.39 is 0 Å². The largest absolute Gasteiger partial charge is 0.334 e. The van der Waals surface area contributed by atoms with Gasteiger partial charge in [0.25, 0.3) is 5.91 Å². The molecule has 0 radical (unpaired) electrons. The van der Waals surface area contributed by atoms with Crippen LogP contribution in [0.1, 0.15) is 28.9 Å². The Morgan fingerprint density at radius 2 is 2.35 bits per heavy atom. The van der Waals surface area contributed by atoms with Crippen molar-refractivity contribution in [1.82, 2.24) is 15.1 Å². The second-order valence-corrected chi connectivity index (χ2v) is 5.10. The van der Waals surface area contributed by atoms with E-state index in [1.165, 1.54) is 12.1 Å². The third-order valence-electron chi connectivity index (χ3n) is 3.73. The summed E-state index contributed by atoms with van der Waals surface area (Å²) in [4.78, 5) is 14.2. The van der Waals surface area contributed by atoms with Gasteiger partial charge in [0.2, 0.25) is 0 Å². The highest BCUT2D eigenvalue weighted by Gasteiger charge is 2.30. The van der Waals surface area contributed by atoms with Gasteiger partial charge in [0, 0.05) is 18.8 Å². The monoisotopic (exact) mass is 273 g/mol. The molecule has 1 amide bonds. The summed E-state index contributed by atoms with van der Waals surface area (Å²) >= 11 is 0. The molecule has 0 saturated carbocycles. The molecule has 0 aliphatic carbocycles. The summed E-state index contributed by atoms with van der Waals surface area (Å²) < 4.78 is 13.2. The van der Waals surface area contributed by atoms with Gasteiger partial charge in [-0.2, -0.15) is 5.10 Å². The van der Waals surface area contributed by atoms with Gasteiger partial charge in [0.15, 0.2) is 0 Å². The number of aromatic nitrogens is 2. The number of hydrogen-bond donors (Lipinski definition) is 1. The van der Waals surface area contributed by atoms with Crippen LogP contribution in [-0.4, -0.2) is 33.6 Å². The molecule has 2 aromatic rings. The quantitative estimate of drug-likeness (QED) is 0.933. The molecule has 0 unspecified atom stereocenters. The van der Waals surface area contributed by atoms with Gasteiger partial charge in [-0.1, -0.05) is 12.1 Å². The number of aromatic amines is 1. The summed E-state index contributed by atoms with van der Waals surface area (Å²) in [5.74, 6) is -0.256. The number of amides is 1. The lowest BCUT2D eigenvalue weighted by molar-refractivity contribution is 0.0730. The summed E-state index contributed by atoms with van der Waals surface area (Å²) in [6.07, 6.45) is 4.21. The molecule has 1 atom stereocenters. The van der Waals surface area contributed by atoms with Crippen molar-refractivity contribution in [1.29, 1.82) is 0 Å². The Hall–Kier alpha value is -2.17. The zero-order chi connectivity index (χ0) is 13.9. The average Bonchev–Trinajstić information content (AvgIpc) is 3.09. The molecule has 2 heterocycles. The highest BCUT2D eigenvalue weighted by Crippen LogP contribution is 2.23. The van der Waals surface area contributed by atoms with Crippen molar-refractivity contribution in [2.24, 2.45) is 0 Å². The molecule has 1 aliphatic rings. The number of halogens is 1. The van der Waals surface area contributed by atoms with Gasteiger partial charge >= 0.3 is 0 Å². The van der Waals surface area contributed by atoms with E-state index in [9.17, 15) is 9.18 Å². The maximum Gasteiger partial charge on any atom is 0.272 e. The number of likely N-dealkylation sites (tertiary alicyclic amines) is 1. The van der Waals surface area contributed by atoms with Crippen molar-refractivity contribution in [2.45, 2.75) is 25.3 Å². The van der Waals surface area contributed by atoms with Crippen LogP contribution in [0, 0.1) is 5.82 Å². The Bertz CT molecular complexity index is 597. The van der Waals surface area contributed by atoms with Crippen LogP contribution in [0.5, 0.6) is 0 Å². The van der Waals surface area contributed by atoms with Crippen LogP contribution in [0.2, 0.25) is 0 Å². The van der Waals surface area contributed by atoms with Gasteiger partial charge < -0.3 is 4.90 Å². The summed E-state index contributed by atoms with van der Waals surface area (Å²) in [5.41, 5.74) is 1.44. The van der Waals surface area contributed by atoms with Gasteiger partial charge in [-0.25, -0.2) is 4.39 Å². The maximum atomic E-state index is 13.2. The molecule has 3 rings (SSSR count). The van der Waals surface area contributed by atoms with Gasteiger partial charge in [-0.15, -0.1) is 0 Å². The zero-order valence-electron chi connectivity index (χ0n) is 11.1. The second kappa shape index (κ2) is 5.45. The first-order valence-corrected chi connectivity index (χ1v) is 6.79. The first-order valence-electron chi connectivity index (χ1n) is 6.79. The molecule has 1 aliphatic heterocycles. The van der Waals surface area contributed by atoms with Crippen LogP contribution in [0.15, 0.2) is 36.5 Å². The number of benzene rings is 1. The van der Waals surface area contributed by atoms with E-state index >= 15 is 0 Å². The fraction of sp³-hybridized carbons (Fsp3) is 0.333. The molecule has 1 fully saturated rings. The first kappa shape index (κ1) is 12.8. The number of hydrogen-bond acceptors (Lipinski definition) is 2. The lowest BCUT2D eigenvalue weighted by Crippen LogP contribution is -2.37. The molecular weight excluding hydrogens is 257 g/mol. The molecular formula is C15H16FN3O. The van der Waals surface area contributed by atoms with E-state index in [1.54, 1.807) is 18.3 Å². The SMILES string of the molecule is O=C(c1ccn[nH]1)N1CCC[C@H]1Cc1cccc(F)c1. The van der Waals surface area contributed by atoms with Gasteiger partial charge in [0.05, 0.1) is 0 Å². The minimum absolute atomic E-state index is 0.0265. The van der Waals surface area contributed by atoms with Crippen molar-refractivity contribution < 1.29 is 9.18 Å². The molecule has 0 bridgehead atoms. The third kappa shape index (κ3) is 2.57. The molecule has 1 saturated heterocycles. The normalized spacial score (nSPS) is 18.4. The fourth-order valence-corrected chi connectivity index (χ4v) is 2.78. The van der Waals surface area contributed by atoms with Crippen molar-refractivity contribution in [3.8, 4) is 0 Å². The average molecular weight is 273 g/mol. The van der Waals surface area contributed by atoms with Crippen LogP contribution >= 0.6 is 0 Å². The minimum Gasteiger partial charge on any atom is -0.334 e. The van der Waals surface area contributed by atoms with Crippen molar-refractivity contribution >= 4 is 5.91 Å². The van der Waals surface area contributed by atoms with E-state index in [1.807, 2.05) is 11.0 Å². The second-order valence-electron chi connectivity index (χ2n) is 5.10. The Labute approximate surface area is 116 Å². The van der Waals surface area contributed by atoms with Gasteiger partial charge in [-0.3, -0.25) is 9.89 Å². The fourth-order valence-electron chi connectivity index (χ4n) is 2.78. The summed E-state index contributed by atoms with van der Waals surface area (Å²) in [7, 11) is 0. The Balaban J connectivity index is 1.74. The molecule has 20 heavy (non-hydrogen) atoms. The van der Waals surface area contributed by atoms with Gasteiger partial charge in [-0.05, 0) is 43.0 Å². The van der Waals surface area contributed by atoms with Crippen LogP contribution < -0.4 is 0 Å². The molecule has 1 aromatic carbocycles. The maximum absolute atomic E-state index is 13.2. The molecule has 104 valence electrons. The summed E-state index contributed by atoms with van der Waals surface area (Å²) in [5, 5.41) is 6.52. The molecule has 5 heteroatoms. The predicted molar refractivity (Wildman–Crippen MR) is 72.8 cm³/mol. The highest BCUT2D eigenvalue weighted by molar-refractivity contribution is 5.92. The minimum atomic E-state index is -0.230. The first-order chi connectivity index (χ1) is 9.74. The van der Waals surface area contributed by atoms with Crippen LogP contribution in [-0.2, 0) is 6.42 Å². The number of H-pyrrole nitrogens is 1. The van der Waals surface area contributed by atoms with E-state index in [4.69, 9.17) is 0 Å². The highest BCUT2D eigenvalue weighted by atomic mass is 19.1. The van der Waals surface area contributed by atoms with E-state index in [0.717, 1.165) is 24.9 Å². The number of nitrogens with zero attached hydrogens (tertiary/aromatic N) is 2. The summed E-state index contributed by atoms with van der Waals surface area (Å²) in [6, 6.07) is 8.40. The molecule has 4 nitrogen and oxygen atoms in total. The zero-order valence-corrected chi connectivity index (χ0v) is 11.1. The Morgan fingerprint density at radius 1 is 1.45 bits per heavy atom.